The van der Waals surface area contributed by atoms with Crippen LogP contribution in [-0.4, -0.2) is 24.7 Å². The summed E-state index contributed by atoms with van der Waals surface area (Å²) in [6.07, 6.45) is 2.47. The van der Waals surface area contributed by atoms with Gasteiger partial charge < -0.3 is 10.4 Å². The molecule has 0 aromatic heterocycles. The highest BCUT2D eigenvalue weighted by Crippen LogP contribution is 2.46. The first-order valence-corrected chi connectivity index (χ1v) is 7.10. The fraction of sp³-hybridized carbons (Fsp3) is 0.500. The van der Waals surface area contributed by atoms with Gasteiger partial charge in [-0.2, -0.15) is 0 Å². The number of nitrogens with one attached hydrogen (secondary N) is 1. The maximum absolute atomic E-state index is 12.4. The Morgan fingerprint density at radius 2 is 2.21 bits per heavy atom. The Hall–Kier alpha value is -0.770. The second-order valence-electron chi connectivity index (χ2n) is 4.95. The largest absolute Gasteiger partial charge is 0.396 e. The van der Waals surface area contributed by atoms with Crippen molar-refractivity contribution >= 4 is 29.1 Å². The first kappa shape index (κ1) is 14.6. The molecule has 2 N–H and O–H groups in total. The molecule has 0 radical (unpaired) electrons. The van der Waals surface area contributed by atoms with Gasteiger partial charge in [0.2, 0.25) is 5.91 Å². The molecule has 104 valence electrons. The van der Waals surface area contributed by atoms with Crippen molar-refractivity contribution in [1.29, 1.82) is 0 Å². The average molecular weight is 302 g/mol. The van der Waals surface area contributed by atoms with Gasteiger partial charge in [-0.15, -0.1) is 0 Å². The predicted octanol–water partition coefficient (Wildman–Crippen LogP) is 2.77. The molecule has 0 bridgehead atoms. The van der Waals surface area contributed by atoms with Crippen molar-refractivity contribution in [2.75, 3.05) is 13.7 Å². The van der Waals surface area contributed by atoms with Gasteiger partial charge in [-0.1, -0.05) is 35.7 Å². The number of aliphatic hydroxyl groups is 1. The Morgan fingerprint density at radius 1 is 1.47 bits per heavy atom. The van der Waals surface area contributed by atoms with Crippen molar-refractivity contribution in [3.63, 3.8) is 0 Å². The van der Waals surface area contributed by atoms with Crippen LogP contribution in [0.3, 0.4) is 0 Å². The average Bonchev–Trinajstić information content (AvgIpc) is 2.85. The first-order chi connectivity index (χ1) is 9.06. The van der Waals surface area contributed by atoms with Gasteiger partial charge in [0.1, 0.15) is 0 Å². The Kier molecular flexibility index (Phi) is 4.39. The smallest absolute Gasteiger partial charge is 0.230 e. The summed E-state index contributed by atoms with van der Waals surface area (Å²) < 4.78 is 0. The molecule has 5 heteroatoms. The van der Waals surface area contributed by atoms with E-state index in [4.69, 9.17) is 23.2 Å². The molecule has 2 rings (SSSR count). The molecule has 0 heterocycles. The number of amides is 1. The van der Waals surface area contributed by atoms with Gasteiger partial charge in [-0.25, -0.2) is 0 Å². The molecular formula is C14H17Cl2NO2. The van der Waals surface area contributed by atoms with Gasteiger partial charge in [0.05, 0.1) is 15.5 Å². The second-order valence-corrected chi connectivity index (χ2v) is 5.77. The molecule has 1 aliphatic rings. The standard InChI is InChI=1S/C14H17Cl2NO2/c1-17-13(19)14(6-2-3-10(14)8-18)9-4-5-11(15)12(16)7-9/h4-5,7,10,18H,2-3,6,8H2,1H3,(H,17,19). The lowest BCUT2D eigenvalue weighted by Gasteiger charge is -2.33. The van der Waals surface area contributed by atoms with Gasteiger partial charge >= 0.3 is 0 Å². The zero-order chi connectivity index (χ0) is 14.0. The summed E-state index contributed by atoms with van der Waals surface area (Å²) in [5, 5.41) is 13.2. The topological polar surface area (TPSA) is 49.3 Å². The number of carbonyl (C=O) groups excluding carboxylic acids is 1. The lowest BCUT2D eigenvalue weighted by molar-refractivity contribution is -0.128. The van der Waals surface area contributed by atoms with Crippen molar-refractivity contribution in [3.05, 3.63) is 33.8 Å². The molecule has 0 spiro atoms. The summed E-state index contributed by atoms with van der Waals surface area (Å²) in [7, 11) is 1.62. The van der Waals surface area contributed by atoms with E-state index in [1.165, 1.54) is 0 Å². The highest BCUT2D eigenvalue weighted by molar-refractivity contribution is 6.42. The third-order valence-electron chi connectivity index (χ3n) is 4.11. The Morgan fingerprint density at radius 3 is 2.79 bits per heavy atom. The number of hydrogen-bond donors (Lipinski definition) is 2. The Labute approximate surface area is 122 Å². The minimum absolute atomic E-state index is 0.00628. The van der Waals surface area contributed by atoms with Crippen LogP contribution in [0.4, 0.5) is 0 Å². The van der Waals surface area contributed by atoms with Crippen LogP contribution in [-0.2, 0) is 10.2 Å². The number of rotatable bonds is 3. The third-order valence-corrected chi connectivity index (χ3v) is 4.85. The monoisotopic (exact) mass is 301 g/mol. The first-order valence-electron chi connectivity index (χ1n) is 6.35. The molecule has 1 aromatic rings. The van der Waals surface area contributed by atoms with Gasteiger partial charge in [0.25, 0.3) is 0 Å². The van der Waals surface area contributed by atoms with E-state index in [-0.39, 0.29) is 18.4 Å². The van der Waals surface area contributed by atoms with Crippen molar-refractivity contribution in [2.45, 2.75) is 24.7 Å². The van der Waals surface area contributed by atoms with E-state index in [0.717, 1.165) is 24.8 Å². The highest BCUT2D eigenvalue weighted by atomic mass is 35.5. The van der Waals surface area contributed by atoms with Crippen LogP contribution in [0.5, 0.6) is 0 Å². The molecule has 19 heavy (non-hydrogen) atoms. The van der Waals surface area contributed by atoms with Crippen molar-refractivity contribution in [1.82, 2.24) is 5.32 Å². The van der Waals surface area contributed by atoms with E-state index < -0.39 is 5.41 Å². The van der Waals surface area contributed by atoms with Gasteiger partial charge in [0, 0.05) is 19.6 Å². The maximum atomic E-state index is 12.4. The Balaban J connectivity index is 2.54. The van der Waals surface area contributed by atoms with Crippen LogP contribution in [0.15, 0.2) is 18.2 Å². The molecule has 2 atom stereocenters. The maximum Gasteiger partial charge on any atom is 0.230 e. The van der Waals surface area contributed by atoms with E-state index in [9.17, 15) is 9.90 Å². The summed E-state index contributed by atoms with van der Waals surface area (Å²) >= 11 is 12.0. The van der Waals surface area contributed by atoms with Gasteiger partial charge in [0.15, 0.2) is 0 Å². The number of halogens is 2. The number of likely N-dealkylation sites (N-methyl/N-ethyl adjacent to an activating group) is 1. The van der Waals surface area contributed by atoms with E-state index in [0.29, 0.717) is 10.0 Å². The molecular weight excluding hydrogens is 285 g/mol. The zero-order valence-corrected chi connectivity index (χ0v) is 12.3. The molecule has 1 fully saturated rings. The predicted molar refractivity (Wildman–Crippen MR) is 76.6 cm³/mol. The van der Waals surface area contributed by atoms with Crippen LogP contribution >= 0.6 is 23.2 Å². The van der Waals surface area contributed by atoms with Gasteiger partial charge in [-0.05, 0) is 30.5 Å². The highest BCUT2D eigenvalue weighted by Gasteiger charge is 2.49. The normalized spacial score (nSPS) is 26.4. The minimum atomic E-state index is -0.697. The summed E-state index contributed by atoms with van der Waals surface area (Å²) in [6.45, 7) is -0.00628. The zero-order valence-electron chi connectivity index (χ0n) is 10.7. The van der Waals surface area contributed by atoms with Crippen LogP contribution in [0, 0.1) is 5.92 Å². The molecule has 2 unspecified atom stereocenters. The van der Waals surface area contributed by atoms with Crippen molar-refractivity contribution in [3.8, 4) is 0 Å². The van der Waals surface area contributed by atoms with Crippen molar-refractivity contribution in [2.24, 2.45) is 5.92 Å². The summed E-state index contributed by atoms with van der Waals surface area (Å²) in [5.41, 5.74) is 0.135. The molecule has 1 saturated carbocycles. The Bertz CT molecular complexity index is 492. The van der Waals surface area contributed by atoms with E-state index >= 15 is 0 Å². The molecule has 3 nitrogen and oxygen atoms in total. The summed E-state index contributed by atoms with van der Waals surface area (Å²) in [6, 6.07) is 5.28. The quantitative estimate of drug-likeness (QED) is 0.902. The minimum Gasteiger partial charge on any atom is -0.396 e. The van der Waals surface area contributed by atoms with E-state index in [1.54, 1.807) is 19.2 Å². The van der Waals surface area contributed by atoms with E-state index in [1.807, 2.05) is 6.07 Å². The third kappa shape index (κ3) is 2.35. The number of aliphatic hydroxyl groups excluding tert-OH is 1. The number of carbonyl (C=O) groups is 1. The van der Waals surface area contributed by atoms with E-state index in [2.05, 4.69) is 5.32 Å². The van der Waals surface area contributed by atoms with Crippen molar-refractivity contribution < 1.29 is 9.90 Å². The lowest BCUT2D eigenvalue weighted by Crippen LogP contribution is -2.46. The van der Waals surface area contributed by atoms with Crippen LogP contribution in [0.25, 0.3) is 0 Å². The van der Waals surface area contributed by atoms with Crippen LogP contribution < -0.4 is 5.32 Å². The lowest BCUT2D eigenvalue weighted by atomic mass is 9.71. The van der Waals surface area contributed by atoms with Gasteiger partial charge in [-0.3, -0.25) is 4.79 Å². The van der Waals surface area contributed by atoms with Crippen LogP contribution in [0.2, 0.25) is 10.0 Å². The SMILES string of the molecule is CNC(=O)C1(c2ccc(Cl)c(Cl)c2)CCCC1CO. The summed E-state index contributed by atoms with van der Waals surface area (Å²) in [5.74, 6) is -0.146. The summed E-state index contributed by atoms with van der Waals surface area (Å²) in [4.78, 5) is 12.4. The second kappa shape index (κ2) is 5.70. The molecule has 1 aromatic carbocycles. The molecule has 0 aliphatic heterocycles. The number of hydrogen-bond acceptors (Lipinski definition) is 2. The van der Waals surface area contributed by atoms with Crippen LogP contribution in [0.1, 0.15) is 24.8 Å². The molecule has 0 saturated heterocycles. The number of benzene rings is 1. The molecule has 1 aliphatic carbocycles. The fourth-order valence-electron chi connectivity index (χ4n) is 3.13. The molecule has 1 amide bonds. The fourth-order valence-corrected chi connectivity index (χ4v) is 3.43.